The van der Waals surface area contributed by atoms with E-state index in [0.717, 1.165) is 62.7 Å². The monoisotopic (exact) mass is 846 g/mol. The molecule has 16 unspecified atom stereocenters. The predicted octanol–water partition coefficient (Wildman–Crippen LogP) is 8.40. The van der Waals surface area contributed by atoms with E-state index in [1.54, 1.807) is 22.3 Å². The van der Waals surface area contributed by atoms with E-state index in [1.165, 1.54) is 32.1 Å². The molecule has 324 valence electrons. The highest BCUT2D eigenvalue weighted by Crippen LogP contribution is 2.73. The molecule has 10 heteroatoms. The van der Waals surface area contributed by atoms with Gasteiger partial charge < -0.3 is 30.1 Å². The van der Waals surface area contributed by atoms with E-state index in [4.69, 9.17) is 0 Å². The van der Waals surface area contributed by atoms with E-state index < -0.39 is 34.7 Å². The van der Waals surface area contributed by atoms with Gasteiger partial charge in [0.2, 0.25) is 0 Å². The molecule has 8 nitrogen and oxygen atoms in total. The second-order valence-electron chi connectivity index (χ2n) is 22.1. The van der Waals surface area contributed by atoms with Gasteiger partial charge in [0, 0.05) is 65.1 Å². The summed E-state index contributed by atoms with van der Waals surface area (Å²) < 4.78 is 2.30. The zero-order valence-corrected chi connectivity index (χ0v) is 37.5. The Labute approximate surface area is 360 Å². The number of carbonyl (C=O) groups excluding carboxylic acids is 1. The van der Waals surface area contributed by atoms with E-state index in [0.29, 0.717) is 24.7 Å². The third kappa shape index (κ3) is 6.15. The molecule has 5 saturated carbocycles. The lowest BCUT2D eigenvalue weighted by molar-refractivity contribution is -0.161. The number of hydrogen-bond acceptors (Lipinski definition) is 9. The molecule has 0 aromatic carbocycles. The van der Waals surface area contributed by atoms with Crippen molar-refractivity contribution >= 4 is 27.4 Å². The number of imidazole rings is 1. The van der Waals surface area contributed by atoms with Crippen LogP contribution in [0.4, 0.5) is 0 Å². The first kappa shape index (κ1) is 41.6. The van der Waals surface area contributed by atoms with Crippen molar-refractivity contribution < 1.29 is 30.3 Å². The van der Waals surface area contributed by atoms with Crippen LogP contribution in [0, 0.1) is 63.6 Å². The Bertz CT molecular complexity index is 1910. The van der Waals surface area contributed by atoms with Crippen LogP contribution in [0.3, 0.4) is 0 Å². The molecule has 0 radical (unpaired) electrons. The van der Waals surface area contributed by atoms with Crippen LogP contribution in [-0.2, 0) is 4.79 Å². The smallest absolute Gasteiger partial charge is 0.159 e. The summed E-state index contributed by atoms with van der Waals surface area (Å²) in [4.78, 5) is 19.0. The molecule has 1 saturated heterocycles. The van der Waals surface area contributed by atoms with Crippen molar-refractivity contribution in [2.24, 2.45) is 63.6 Å². The molecule has 0 amide bonds. The number of allylic oxidation sites excluding steroid dienone is 3. The van der Waals surface area contributed by atoms with Gasteiger partial charge in [-0.25, -0.2) is 4.98 Å². The molecule has 59 heavy (non-hydrogen) atoms. The van der Waals surface area contributed by atoms with Crippen molar-refractivity contribution in [2.45, 2.75) is 166 Å². The molecule has 5 N–H and O–H groups in total. The largest absolute Gasteiger partial charge is 0.396 e. The lowest BCUT2D eigenvalue weighted by Gasteiger charge is -2.62. The van der Waals surface area contributed by atoms with Gasteiger partial charge in [0.05, 0.1) is 30.2 Å². The first-order valence-electron chi connectivity index (χ1n) is 23.6. The first-order chi connectivity index (χ1) is 28.2. The minimum atomic E-state index is -1.29. The molecule has 4 bridgehead atoms. The highest BCUT2D eigenvalue weighted by molar-refractivity contribution is 8.76. The number of aliphatic hydroxyl groups excluding tert-OH is 4. The van der Waals surface area contributed by atoms with Gasteiger partial charge in [-0.15, -0.1) is 0 Å². The molecule has 10 rings (SSSR count). The molecule has 1 aliphatic heterocycles. The summed E-state index contributed by atoms with van der Waals surface area (Å²) in [6.07, 6.45) is 20.2. The molecule has 2 heterocycles. The average Bonchev–Trinajstić information content (AvgIpc) is 3.83. The fraction of sp³-hybridized carbons (Fsp3) is 0.796. The maximum absolute atomic E-state index is 14.4. The Balaban J connectivity index is 1.15. The summed E-state index contributed by atoms with van der Waals surface area (Å²) in [6.45, 7) is 9.52. The van der Waals surface area contributed by atoms with Gasteiger partial charge in [0.25, 0.3) is 0 Å². The summed E-state index contributed by atoms with van der Waals surface area (Å²) in [5.41, 5.74) is 4.75. The Morgan fingerprint density at radius 1 is 0.915 bits per heavy atom. The fourth-order valence-electron chi connectivity index (χ4n) is 16.5. The predicted molar refractivity (Wildman–Crippen MR) is 234 cm³/mol. The van der Waals surface area contributed by atoms with Crippen molar-refractivity contribution in [3.8, 4) is 0 Å². The van der Waals surface area contributed by atoms with Crippen LogP contribution >= 0.6 is 21.6 Å². The summed E-state index contributed by atoms with van der Waals surface area (Å²) in [7, 11) is 3.79. The summed E-state index contributed by atoms with van der Waals surface area (Å²) >= 11 is 0. The van der Waals surface area contributed by atoms with E-state index in [2.05, 4.69) is 43.4 Å². The number of nitrogens with zero attached hydrogens (tertiary/aromatic N) is 2. The van der Waals surface area contributed by atoms with Crippen LogP contribution in [-0.4, -0.2) is 82.4 Å². The van der Waals surface area contributed by atoms with E-state index in [9.17, 15) is 30.3 Å². The summed E-state index contributed by atoms with van der Waals surface area (Å²) in [5.74, 6) is 1.25. The van der Waals surface area contributed by atoms with Gasteiger partial charge in [0.1, 0.15) is 0 Å². The maximum atomic E-state index is 14.4. The highest BCUT2D eigenvalue weighted by Gasteiger charge is 2.72. The number of aromatic nitrogens is 2. The van der Waals surface area contributed by atoms with Crippen LogP contribution in [0.1, 0.15) is 136 Å². The Morgan fingerprint density at radius 3 is 2.51 bits per heavy atom. The second-order valence-corrected chi connectivity index (χ2v) is 24.7. The number of ketones is 1. The van der Waals surface area contributed by atoms with Gasteiger partial charge in [-0.05, 0) is 142 Å². The number of carbonyl (C=O) groups is 1. The third-order valence-electron chi connectivity index (χ3n) is 19.0. The Hall–Kier alpha value is -1.40. The number of fused-ring (bicyclic) bond motifs is 13. The van der Waals surface area contributed by atoms with Crippen molar-refractivity contribution in [1.29, 1.82) is 0 Å². The molecular weight excluding hydrogens is 777 g/mol. The Morgan fingerprint density at radius 2 is 1.73 bits per heavy atom. The fourth-order valence-corrected chi connectivity index (χ4v) is 19.8. The van der Waals surface area contributed by atoms with Gasteiger partial charge in [-0.3, -0.25) is 4.79 Å². The lowest BCUT2D eigenvalue weighted by atomic mass is 9.44. The zero-order valence-electron chi connectivity index (χ0n) is 35.9. The summed E-state index contributed by atoms with van der Waals surface area (Å²) in [5, 5.41) is 60.1. The normalized spacial score (nSPS) is 48.0. The number of aliphatic hydroxyl groups is 5. The summed E-state index contributed by atoms with van der Waals surface area (Å²) in [6, 6.07) is 0.183. The van der Waals surface area contributed by atoms with Crippen LogP contribution in [0.5, 0.6) is 0 Å². The standard InChI is InChI=1S/C49H70N2O6S2/c1-46(2)23-28(51-17-16-50-26-51)25-58-59-41(13-8-18-52)37-20-34(32-19-27-9-7-12-30-29-10-5-6-11-31(29)44(46)43(42(27)30)45(32)56)48(4)15-14-33-35(49(37,48)57)21-38(53)36-22-39(54)40(55)24-47(33,36)3/h16-17,21,26-29,32-34,36-37,39-41,43,45,52,54-57H,5-15,18-20,22-25H2,1-4H3. The van der Waals surface area contributed by atoms with Crippen molar-refractivity contribution in [2.75, 3.05) is 12.4 Å². The highest BCUT2D eigenvalue weighted by atomic mass is 33.1. The van der Waals surface area contributed by atoms with E-state index in [1.807, 2.05) is 40.2 Å². The van der Waals surface area contributed by atoms with E-state index in [-0.39, 0.29) is 71.0 Å². The Kier molecular flexibility index (Phi) is 10.7. The van der Waals surface area contributed by atoms with Crippen molar-refractivity contribution in [3.63, 3.8) is 0 Å². The zero-order chi connectivity index (χ0) is 41.2. The lowest BCUT2D eigenvalue weighted by Crippen LogP contribution is -2.63. The van der Waals surface area contributed by atoms with Gasteiger partial charge in [-0.2, -0.15) is 0 Å². The number of rotatable bonds is 4. The minimum Gasteiger partial charge on any atom is -0.396 e. The molecule has 9 aliphatic rings. The molecular formula is C49H70N2O6S2. The quantitative estimate of drug-likeness (QED) is 0.150. The van der Waals surface area contributed by atoms with Crippen LogP contribution < -0.4 is 0 Å². The van der Waals surface area contributed by atoms with Crippen LogP contribution in [0.2, 0.25) is 0 Å². The SMILES string of the molecule is CC1(C)CC(n2ccnc2)CSSC(CCCO)C2CC(C3CC4CCCC5=C4C(C1=C1CCCCC51)C3O)C1(C)CCC3C(=CC(=O)C4CC(O)C(O)CC43C)C21O. The first-order valence-corrected chi connectivity index (χ1v) is 26.0. The minimum absolute atomic E-state index is 0.00405. The van der Waals surface area contributed by atoms with Crippen molar-refractivity contribution in [3.05, 3.63) is 52.7 Å². The number of hydrogen-bond donors (Lipinski definition) is 5. The van der Waals surface area contributed by atoms with E-state index >= 15 is 0 Å². The average molecular weight is 847 g/mol. The molecule has 0 spiro atoms. The molecule has 16 atom stereocenters. The third-order valence-corrected chi connectivity index (χ3v) is 22.0. The van der Waals surface area contributed by atoms with Crippen molar-refractivity contribution in [1.82, 2.24) is 9.55 Å². The molecule has 1 aromatic rings. The van der Waals surface area contributed by atoms with Gasteiger partial charge in [-0.1, -0.05) is 78.0 Å². The molecule has 1 aromatic heterocycles. The molecule has 8 aliphatic carbocycles. The second kappa shape index (κ2) is 15.1. The topological polar surface area (TPSA) is 136 Å². The molecule has 6 fully saturated rings. The van der Waals surface area contributed by atoms with Gasteiger partial charge >= 0.3 is 0 Å². The maximum Gasteiger partial charge on any atom is 0.159 e. The van der Waals surface area contributed by atoms with Crippen LogP contribution in [0.15, 0.2) is 52.7 Å². The van der Waals surface area contributed by atoms with Crippen LogP contribution in [0.25, 0.3) is 0 Å². The van der Waals surface area contributed by atoms with Gasteiger partial charge in [0.15, 0.2) is 5.78 Å².